The van der Waals surface area contributed by atoms with Gasteiger partial charge in [0.2, 0.25) is 23.9 Å². The van der Waals surface area contributed by atoms with Crippen molar-refractivity contribution in [1.82, 2.24) is 20.7 Å². The molecule has 4 amide bonds. The molecule has 2 aromatic carbocycles. The molecule has 0 bridgehead atoms. The Balaban J connectivity index is 1.31. The molecule has 3 aliphatic heterocycles. The number of hydrazine groups is 1. The second-order valence-corrected chi connectivity index (χ2v) is 10.8. The first-order chi connectivity index (χ1) is 21.7. The Morgan fingerprint density at radius 3 is 2.33 bits per heavy atom. The van der Waals surface area contributed by atoms with E-state index in [1.807, 2.05) is 30.3 Å². The smallest absolute Gasteiger partial charge is 0.310 e. The van der Waals surface area contributed by atoms with Gasteiger partial charge in [0.15, 0.2) is 11.5 Å². The molecule has 0 spiro atoms. The number of esters is 1. The van der Waals surface area contributed by atoms with Gasteiger partial charge in [-0.15, -0.1) is 0 Å². The van der Waals surface area contributed by atoms with Gasteiger partial charge in [-0.2, -0.15) is 0 Å². The third kappa shape index (κ3) is 6.80. The van der Waals surface area contributed by atoms with Gasteiger partial charge in [0.25, 0.3) is 11.8 Å². The van der Waals surface area contributed by atoms with Crippen LogP contribution in [0.3, 0.4) is 0 Å². The zero-order valence-electron chi connectivity index (χ0n) is 25.3. The normalized spacial score (nSPS) is 23.0. The summed E-state index contributed by atoms with van der Waals surface area (Å²) in [6.07, 6.45) is -0.363. The second-order valence-electron chi connectivity index (χ2n) is 10.8. The van der Waals surface area contributed by atoms with Crippen molar-refractivity contribution in [2.75, 3.05) is 27.9 Å². The lowest BCUT2D eigenvalue weighted by Crippen LogP contribution is -2.64. The Labute approximate surface area is 259 Å². The fraction of sp³-hybridized carbons (Fsp3) is 0.452. The molecule has 45 heavy (non-hydrogen) atoms. The Morgan fingerprint density at radius 1 is 0.956 bits per heavy atom. The van der Waals surface area contributed by atoms with E-state index >= 15 is 0 Å². The van der Waals surface area contributed by atoms with Crippen LogP contribution >= 0.6 is 0 Å². The summed E-state index contributed by atoms with van der Waals surface area (Å²) in [6.45, 7) is 0.407. The summed E-state index contributed by atoms with van der Waals surface area (Å²) in [5.41, 5.74) is 1.01. The van der Waals surface area contributed by atoms with Crippen LogP contribution in [0, 0.1) is 0 Å². The fourth-order valence-electron chi connectivity index (χ4n) is 5.70. The number of ether oxygens (including phenoxy) is 5. The maximum absolute atomic E-state index is 13.9. The van der Waals surface area contributed by atoms with Crippen molar-refractivity contribution in [1.29, 1.82) is 0 Å². The fourth-order valence-corrected chi connectivity index (χ4v) is 5.70. The number of methoxy groups -OCH3 is 3. The molecule has 1 unspecified atom stereocenters. The van der Waals surface area contributed by atoms with E-state index in [0.29, 0.717) is 12.2 Å². The van der Waals surface area contributed by atoms with Crippen molar-refractivity contribution in [3.05, 3.63) is 53.6 Å². The molecular weight excluding hydrogens is 588 g/mol. The molecule has 3 fully saturated rings. The largest absolute Gasteiger partial charge is 0.493 e. The van der Waals surface area contributed by atoms with Gasteiger partial charge in [0.1, 0.15) is 18.1 Å². The first-order valence-electron chi connectivity index (χ1n) is 14.6. The monoisotopic (exact) mass is 624 g/mol. The first kappa shape index (κ1) is 31.6. The third-order valence-electron chi connectivity index (χ3n) is 7.94. The minimum Gasteiger partial charge on any atom is -0.493 e. The Bertz CT molecular complexity index is 1430. The Hall–Kier alpha value is -4.85. The van der Waals surface area contributed by atoms with E-state index in [1.165, 1.54) is 38.5 Å². The van der Waals surface area contributed by atoms with E-state index in [1.54, 1.807) is 0 Å². The summed E-state index contributed by atoms with van der Waals surface area (Å²) < 4.78 is 27.1. The highest BCUT2D eigenvalue weighted by atomic mass is 16.7. The van der Waals surface area contributed by atoms with Gasteiger partial charge in [-0.05, 0) is 37.0 Å². The number of fused-ring (bicyclic) bond motifs is 1. The minimum atomic E-state index is -1.10. The van der Waals surface area contributed by atoms with Crippen molar-refractivity contribution in [2.45, 2.75) is 63.1 Å². The standard InChI is InChI=1S/C31H36N4O10/c1-41-23-14-19(15-24(42-2)27(23)43-3)28(38)32-20-11-12-25(36)34-13-7-10-22(35(34)30(20)40)29(39)33-21-16-26(37)45-31(21)44-17-18-8-5-4-6-9-18/h4-6,8-9,14-15,20-22,31H,7,10-13,16-17H2,1-3H3,(H,32,38)(H,33,39)/t20-,21-,22-,31?/m0/s1. The van der Waals surface area contributed by atoms with Crippen LogP contribution in [-0.2, 0) is 35.3 Å². The highest BCUT2D eigenvalue weighted by Crippen LogP contribution is 2.38. The quantitative estimate of drug-likeness (QED) is 0.369. The lowest BCUT2D eigenvalue weighted by molar-refractivity contribution is -0.177. The third-order valence-corrected chi connectivity index (χ3v) is 7.94. The molecule has 0 saturated carbocycles. The number of nitrogens with zero attached hydrogens (tertiary/aromatic N) is 2. The number of hydrogen-bond acceptors (Lipinski definition) is 10. The van der Waals surface area contributed by atoms with Crippen molar-refractivity contribution in [2.24, 2.45) is 0 Å². The van der Waals surface area contributed by atoms with Crippen LogP contribution in [0.5, 0.6) is 17.2 Å². The second kappa shape index (κ2) is 13.8. The number of rotatable bonds is 10. The van der Waals surface area contributed by atoms with E-state index in [0.717, 1.165) is 10.6 Å². The minimum absolute atomic E-state index is 0.0167. The van der Waals surface area contributed by atoms with E-state index in [9.17, 15) is 24.0 Å². The maximum Gasteiger partial charge on any atom is 0.310 e. The number of cyclic esters (lactones) is 1. The molecule has 14 nitrogen and oxygen atoms in total. The maximum atomic E-state index is 13.9. The van der Waals surface area contributed by atoms with Gasteiger partial charge in [-0.25, -0.2) is 5.01 Å². The lowest BCUT2D eigenvalue weighted by atomic mass is 10.0. The van der Waals surface area contributed by atoms with Crippen LogP contribution in [0.1, 0.15) is 48.0 Å². The van der Waals surface area contributed by atoms with Gasteiger partial charge < -0.3 is 34.3 Å². The predicted octanol–water partition coefficient (Wildman–Crippen LogP) is 1.31. The van der Waals surface area contributed by atoms with Gasteiger partial charge in [-0.3, -0.25) is 29.0 Å². The highest BCUT2D eigenvalue weighted by molar-refractivity contribution is 6.00. The van der Waals surface area contributed by atoms with Crippen molar-refractivity contribution in [3.8, 4) is 17.2 Å². The van der Waals surface area contributed by atoms with Gasteiger partial charge >= 0.3 is 5.97 Å². The number of carbonyl (C=O) groups is 5. The number of carbonyl (C=O) groups excluding carboxylic acids is 5. The summed E-state index contributed by atoms with van der Waals surface area (Å²) in [6, 6.07) is 9.25. The zero-order valence-corrected chi connectivity index (χ0v) is 25.3. The van der Waals surface area contributed by atoms with Gasteiger partial charge in [-0.1, -0.05) is 30.3 Å². The molecule has 2 aromatic rings. The average molecular weight is 625 g/mol. The predicted molar refractivity (Wildman–Crippen MR) is 156 cm³/mol. The molecule has 0 aliphatic carbocycles. The van der Waals surface area contributed by atoms with Crippen LogP contribution in [0.2, 0.25) is 0 Å². The van der Waals surface area contributed by atoms with E-state index in [2.05, 4.69) is 10.6 Å². The molecule has 2 N–H and O–H groups in total. The SMILES string of the molecule is COc1cc(C(=O)N[C@H]2CCC(=O)N3CCC[C@@H](C(=O)N[C@H]4CC(=O)OC4OCc4ccccc4)N3C2=O)cc(OC)c1OC. The molecule has 0 aromatic heterocycles. The van der Waals surface area contributed by atoms with Crippen LogP contribution in [-0.4, -0.2) is 91.9 Å². The summed E-state index contributed by atoms with van der Waals surface area (Å²) >= 11 is 0. The van der Waals surface area contributed by atoms with Crippen molar-refractivity contribution >= 4 is 29.6 Å². The van der Waals surface area contributed by atoms with Gasteiger partial charge in [0, 0.05) is 18.5 Å². The summed E-state index contributed by atoms with van der Waals surface area (Å²) in [4.78, 5) is 66.2. The van der Waals surface area contributed by atoms with Crippen molar-refractivity contribution < 1.29 is 47.7 Å². The molecule has 3 aliphatic rings. The van der Waals surface area contributed by atoms with E-state index in [-0.39, 0.29) is 61.8 Å². The lowest BCUT2D eigenvalue weighted by Gasteiger charge is -2.43. The van der Waals surface area contributed by atoms with Crippen LogP contribution < -0.4 is 24.8 Å². The molecular formula is C31H36N4O10. The number of nitrogens with one attached hydrogen (secondary N) is 2. The van der Waals surface area contributed by atoms with Crippen LogP contribution in [0.4, 0.5) is 0 Å². The Morgan fingerprint density at radius 2 is 1.67 bits per heavy atom. The van der Waals surface area contributed by atoms with Crippen LogP contribution in [0.15, 0.2) is 42.5 Å². The first-order valence-corrected chi connectivity index (χ1v) is 14.6. The molecule has 14 heteroatoms. The molecule has 240 valence electrons. The summed E-state index contributed by atoms with van der Waals surface area (Å²) in [5.74, 6) is -1.83. The summed E-state index contributed by atoms with van der Waals surface area (Å²) in [5, 5.41) is 7.95. The molecule has 3 heterocycles. The molecule has 4 atom stereocenters. The summed E-state index contributed by atoms with van der Waals surface area (Å²) in [7, 11) is 4.27. The molecule has 3 saturated heterocycles. The average Bonchev–Trinajstić information content (AvgIpc) is 3.36. The topological polar surface area (TPSA) is 162 Å². The van der Waals surface area contributed by atoms with Crippen LogP contribution in [0.25, 0.3) is 0 Å². The molecule has 0 radical (unpaired) electrons. The molecule has 5 rings (SSSR count). The van der Waals surface area contributed by atoms with E-state index < -0.39 is 48.1 Å². The highest BCUT2D eigenvalue weighted by Gasteiger charge is 2.46. The number of hydrogen-bond donors (Lipinski definition) is 2. The van der Waals surface area contributed by atoms with Crippen molar-refractivity contribution in [3.63, 3.8) is 0 Å². The zero-order chi connectivity index (χ0) is 32.1. The Kier molecular flexibility index (Phi) is 9.71. The van der Waals surface area contributed by atoms with Gasteiger partial charge in [0.05, 0.1) is 34.4 Å². The van der Waals surface area contributed by atoms with E-state index in [4.69, 9.17) is 23.7 Å². The number of benzene rings is 2. The number of amides is 4.